The summed E-state index contributed by atoms with van der Waals surface area (Å²) in [6.07, 6.45) is 0.885. The molecule has 0 heterocycles. The standard InChI is InChI=1S/C13H20N2O3/c1-4-9(2)15-13(16)8-18-12-6-5-10(17-3)7-11(12)14/h5-7,9H,4,8,14H2,1-3H3,(H,15,16). The Hall–Kier alpha value is -1.91. The second-order valence-electron chi connectivity index (χ2n) is 4.07. The molecule has 5 heteroatoms. The predicted molar refractivity (Wildman–Crippen MR) is 70.8 cm³/mol. The number of hydrogen-bond donors (Lipinski definition) is 2. The van der Waals surface area contributed by atoms with Crippen molar-refractivity contribution in [2.45, 2.75) is 26.3 Å². The molecule has 1 amide bonds. The van der Waals surface area contributed by atoms with E-state index in [4.69, 9.17) is 15.2 Å². The highest BCUT2D eigenvalue weighted by Gasteiger charge is 2.08. The van der Waals surface area contributed by atoms with Crippen LogP contribution in [0.25, 0.3) is 0 Å². The minimum atomic E-state index is -0.153. The van der Waals surface area contributed by atoms with Crippen molar-refractivity contribution in [3.63, 3.8) is 0 Å². The Morgan fingerprint density at radius 3 is 2.78 bits per heavy atom. The number of amides is 1. The van der Waals surface area contributed by atoms with Gasteiger partial charge in [0, 0.05) is 12.1 Å². The number of nitrogen functional groups attached to an aromatic ring is 1. The fraction of sp³-hybridized carbons (Fsp3) is 0.462. The van der Waals surface area contributed by atoms with Crippen molar-refractivity contribution >= 4 is 11.6 Å². The molecule has 1 rings (SSSR count). The number of ether oxygens (including phenoxy) is 2. The number of rotatable bonds is 6. The first-order valence-corrected chi connectivity index (χ1v) is 5.92. The van der Waals surface area contributed by atoms with Crippen LogP contribution in [0.4, 0.5) is 5.69 Å². The Kier molecular flexibility index (Phi) is 5.30. The third-order valence-corrected chi connectivity index (χ3v) is 2.60. The lowest BCUT2D eigenvalue weighted by Crippen LogP contribution is -2.35. The molecule has 0 saturated heterocycles. The van der Waals surface area contributed by atoms with Gasteiger partial charge in [-0.3, -0.25) is 4.79 Å². The third-order valence-electron chi connectivity index (χ3n) is 2.60. The normalized spacial score (nSPS) is 11.7. The molecule has 0 aliphatic heterocycles. The van der Waals surface area contributed by atoms with Crippen LogP contribution >= 0.6 is 0 Å². The molecule has 1 aromatic carbocycles. The van der Waals surface area contributed by atoms with Gasteiger partial charge in [0.05, 0.1) is 12.8 Å². The van der Waals surface area contributed by atoms with E-state index in [0.717, 1.165) is 6.42 Å². The average Bonchev–Trinajstić information content (AvgIpc) is 2.36. The van der Waals surface area contributed by atoms with E-state index >= 15 is 0 Å². The van der Waals surface area contributed by atoms with Crippen molar-refractivity contribution in [3.8, 4) is 11.5 Å². The van der Waals surface area contributed by atoms with Gasteiger partial charge >= 0.3 is 0 Å². The smallest absolute Gasteiger partial charge is 0.258 e. The summed E-state index contributed by atoms with van der Waals surface area (Å²) in [5.41, 5.74) is 6.22. The van der Waals surface area contributed by atoms with Gasteiger partial charge in [-0.1, -0.05) is 6.92 Å². The van der Waals surface area contributed by atoms with E-state index in [-0.39, 0.29) is 18.6 Å². The minimum absolute atomic E-state index is 0.0408. The molecule has 18 heavy (non-hydrogen) atoms. The van der Waals surface area contributed by atoms with E-state index in [2.05, 4.69) is 5.32 Å². The molecule has 0 bridgehead atoms. The number of carbonyl (C=O) groups excluding carboxylic acids is 1. The Morgan fingerprint density at radius 1 is 1.50 bits per heavy atom. The average molecular weight is 252 g/mol. The molecular weight excluding hydrogens is 232 g/mol. The predicted octanol–water partition coefficient (Wildman–Crippen LogP) is 1.57. The number of methoxy groups -OCH3 is 1. The second kappa shape index (κ2) is 6.74. The van der Waals surface area contributed by atoms with Crippen LogP contribution in [0.5, 0.6) is 11.5 Å². The van der Waals surface area contributed by atoms with Crippen LogP contribution in [-0.4, -0.2) is 25.7 Å². The molecule has 3 N–H and O–H groups in total. The van der Waals surface area contributed by atoms with Gasteiger partial charge in [-0.05, 0) is 25.5 Å². The van der Waals surface area contributed by atoms with Crippen LogP contribution in [0.3, 0.4) is 0 Å². The van der Waals surface area contributed by atoms with E-state index in [1.807, 2.05) is 13.8 Å². The largest absolute Gasteiger partial charge is 0.497 e. The Balaban J connectivity index is 2.51. The Labute approximate surface area is 107 Å². The maximum atomic E-state index is 11.5. The zero-order chi connectivity index (χ0) is 13.5. The van der Waals surface area contributed by atoms with Gasteiger partial charge in [0.1, 0.15) is 11.5 Å². The minimum Gasteiger partial charge on any atom is -0.497 e. The van der Waals surface area contributed by atoms with Gasteiger partial charge in [-0.2, -0.15) is 0 Å². The summed E-state index contributed by atoms with van der Waals surface area (Å²) in [5.74, 6) is 0.985. The lowest BCUT2D eigenvalue weighted by molar-refractivity contribution is -0.123. The SMILES string of the molecule is CCC(C)NC(=O)COc1ccc(OC)cc1N. The molecule has 0 aliphatic carbocycles. The molecule has 0 aliphatic rings. The first-order chi connectivity index (χ1) is 8.56. The maximum absolute atomic E-state index is 11.5. The summed E-state index contributed by atoms with van der Waals surface area (Å²) in [4.78, 5) is 11.5. The summed E-state index contributed by atoms with van der Waals surface area (Å²) < 4.78 is 10.4. The topological polar surface area (TPSA) is 73.6 Å². The summed E-state index contributed by atoms with van der Waals surface area (Å²) in [6.45, 7) is 3.91. The lowest BCUT2D eigenvalue weighted by Gasteiger charge is -2.13. The van der Waals surface area contributed by atoms with E-state index in [9.17, 15) is 4.79 Å². The maximum Gasteiger partial charge on any atom is 0.258 e. The fourth-order valence-corrected chi connectivity index (χ4v) is 1.35. The van der Waals surface area contributed by atoms with Crippen molar-refractivity contribution in [1.82, 2.24) is 5.32 Å². The first kappa shape index (κ1) is 14.2. The Morgan fingerprint density at radius 2 is 2.22 bits per heavy atom. The van der Waals surface area contributed by atoms with Crippen molar-refractivity contribution in [3.05, 3.63) is 18.2 Å². The van der Waals surface area contributed by atoms with Gasteiger partial charge in [-0.25, -0.2) is 0 Å². The van der Waals surface area contributed by atoms with Crippen molar-refractivity contribution in [2.75, 3.05) is 19.5 Å². The number of nitrogens with two attached hydrogens (primary N) is 1. The van der Waals surface area contributed by atoms with Crippen LogP contribution in [0.15, 0.2) is 18.2 Å². The highest BCUT2D eigenvalue weighted by atomic mass is 16.5. The number of hydrogen-bond acceptors (Lipinski definition) is 4. The molecule has 0 spiro atoms. The Bertz CT molecular complexity index is 407. The van der Waals surface area contributed by atoms with E-state index in [1.54, 1.807) is 25.3 Å². The lowest BCUT2D eigenvalue weighted by atomic mass is 10.2. The molecule has 1 atom stereocenters. The van der Waals surface area contributed by atoms with E-state index in [0.29, 0.717) is 17.2 Å². The fourth-order valence-electron chi connectivity index (χ4n) is 1.35. The van der Waals surface area contributed by atoms with Crippen molar-refractivity contribution in [1.29, 1.82) is 0 Å². The zero-order valence-electron chi connectivity index (χ0n) is 11.0. The van der Waals surface area contributed by atoms with Crippen molar-refractivity contribution in [2.24, 2.45) is 0 Å². The van der Waals surface area contributed by atoms with Crippen LogP contribution in [0, 0.1) is 0 Å². The monoisotopic (exact) mass is 252 g/mol. The van der Waals surface area contributed by atoms with Gasteiger partial charge in [0.15, 0.2) is 6.61 Å². The van der Waals surface area contributed by atoms with Gasteiger partial charge in [0.25, 0.3) is 5.91 Å². The summed E-state index contributed by atoms with van der Waals surface area (Å²) in [6, 6.07) is 5.22. The number of carbonyl (C=O) groups is 1. The highest BCUT2D eigenvalue weighted by molar-refractivity contribution is 5.78. The summed E-state index contributed by atoms with van der Waals surface area (Å²) >= 11 is 0. The molecule has 0 aromatic heterocycles. The first-order valence-electron chi connectivity index (χ1n) is 5.92. The summed E-state index contributed by atoms with van der Waals surface area (Å²) in [7, 11) is 1.56. The van der Waals surface area contributed by atoms with Gasteiger partial charge < -0.3 is 20.5 Å². The molecule has 1 aromatic rings. The quantitative estimate of drug-likeness (QED) is 0.754. The number of anilines is 1. The molecular formula is C13H20N2O3. The third kappa shape index (κ3) is 4.16. The number of nitrogens with one attached hydrogen (secondary N) is 1. The molecule has 100 valence electrons. The van der Waals surface area contributed by atoms with Crippen LogP contribution in [0.2, 0.25) is 0 Å². The highest BCUT2D eigenvalue weighted by Crippen LogP contribution is 2.25. The van der Waals surface area contributed by atoms with E-state index < -0.39 is 0 Å². The van der Waals surface area contributed by atoms with E-state index in [1.165, 1.54) is 0 Å². The molecule has 5 nitrogen and oxygen atoms in total. The van der Waals surface area contributed by atoms with Crippen LogP contribution < -0.4 is 20.5 Å². The second-order valence-corrected chi connectivity index (χ2v) is 4.07. The summed E-state index contributed by atoms with van der Waals surface area (Å²) in [5, 5.41) is 2.81. The zero-order valence-corrected chi connectivity index (χ0v) is 11.0. The van der Waals surface area contributed by atoms with Crippen molar-refractivity contribution < 1.29 is 14.3 Å². The molecule has 1 unspecified atom stereocenters. The number of benzene rings is 1. The molecule has 0 radical (unpaired) electrons. The van der Waals surface area contributed by atoms with Crippen LogP contribution in [0.1, 0.15) is 20.3 Å². The molecule has 0 saturated carbocycles. The van der Waals surface area contributed by atoms with Gasteiger partial charge in [0.2, 0.25) is 0 Å². The molecule has 0 fully saturated rings. The van der Waals surface area contributed by atoms with Gasteiger partial charge in [-0.15, -0.1) is 0 Å². The van der Waals surface area contributed by atoms with Crippen LogP contribution in [-0.2, 0) is 4.79 Å².